The summed E-state index contributed by atoms with van der Waals surface area (Å²) < 4.78 is 0. The van der Waals surface area contributed by atoms with Gasteiger partial charge in [-0.1, -0.05) is 11.1 Å². The van der Waals surface area contributed by atoms with Gasteiger partial charge in [-0.15, -0.1) is 0 Å². The first-order valence-corrected chi connectivity index (χ1v) is 4.62. The molecule has 0 bridgehead atoms. The molecular weight excluding hydrogens is 148 g/mol. The first-order valence-electron chi connectivity index (χ1n) is 4.62. The molecule has 0 aromatic heterocycles. The zero-order valence-corrected chi connectivity index (χ0v) is 7.74. The molecule has 0 N–H and O–H groups in total. The van der Waals surface area contributed by atoms with E-state index < -0.39 is 0 Å². The summed E-state index contributed by atoms with van der Waals surface area (Å²) in [5.41, 5.74) is 4.84. The van der Waals surface area contributed by atoms with Crippen LogP contribution >= 0.6 is 0 Å². The molecule has 0 unspecified atom stereocenters. The highest BCUT2D eigenvalue weighted by Crippen LogP contribution is 2.39. The maximum Gasteiger partial charge on any atom is 0.185 e. The van der Waals surface area contributed by atoms with Gasteiger partial charge >= 0.3 is 0 Å². The third-order valence-electron chi connectivity index (χ3n) is 2.87. The molecule has 64 valence electrons. The molecule has 0 atom stereocenters. The van der Waals surface area contributed by atoms with E-state index in [4.69, 9.17) is 0 Å². The van der Waals surface area contributed by atoms with Crippen LogP contribution in [-0.2, 0) is 4.79 Å². The fourth-order valence-electron chi connectivity index (χ4n) is 2.16. The maximum absolute atomic E-state index is 11.7. The molecule has 0 spiro atoms. The molecule has 0 fully saturated rings. The quantitative estimate of drug-likeness (QED) is 0.500. The van der Waals surface area contributed by atoms with E-state index in [1.165, 1.54) is 17.6 Å². The predicted octanol–water partition coefficient (Wildman–Crippen LogP) is 2.78. The first kappa shape index (κ1) is 7.78. The van der Waals surface area contributed by atoms with Gasteiger partial charge in [0.25, 0.3) is 0 Å². The van der Waals surface area contributed by atoms with E-state index >= 15 is 0 Å². The van der Waals surface area contributed by atoms with Gasteiger partial charge in [0, 0.05) is 5.57 Å². The molecule has 2 rings (SSSR count). The summed E-state index contributed by atoms with van der Waals surface area (Å²) in [4.78, 5) is 11.7. The van der Waals surface area contributed by atoms with Gasteiger partial charge in [-0.3, -0.25) is 4.79 Å². The number of hydrogen-bond acceptors (Lipinski definition) is 1. The van der Waals surface area contributed by atoms with E-state index in [1.807, 2.05) is 13.8 Å². The van der Waals surface area contributed by atoms with Crippen LogP contribution in [0.5, 0.6) is 0 Å². The highest BCUT2D eigenvalue weighted by Gasteiger charge is 2.30. The third kappa shape index (κ3) is 0.961. The van der Waals surface area contributed by atoms with Crippen molar-refractivity contribution in [3.8, 4) is 0 Å². The topological polar surface area (TPSA) is 17.1 Å². The summed E-state index contributed by atoms with van der Waals surface area (Å²) in [6, 6.07) is 0. The average Bonchev–Trinajstić information content (AvgIpc) is 2.53. The molecule has 1 heteroatoms. The highest BCUT2D eigenvalue weighted by atomic mass is 16.1. The maximum atomic E-state index is 11.7. The van der Waals surface area contributed by atoms with Crippen molar-refractivity contribution in [2.45, 2.75) is 39.5 Å². The number of Topliss-reactive ketones (excluding diaryl/α,β-unsaturated/α-hetero) is 1. The fraction of sp³-hybridized carbons (Fsp3) is 0.545. The van der Waals surface area contributed by atoms with E-state index in [0.29, 0.717) is 5.78 Å². The minimum atomic E-state index is 0.350. The molecule has 0 saturated carbocycles. The molecule has 0 aromatic rings. The van der Waals surface area contributed by atoms with Crippen molar-refractivity contribution < 1.29 is 4.79 Å². The van der Waals surface area contributed by atoms with Crippen LogP contribution in [0, 0.1) is 0 Å². The molecule has 12 heavy (non-hydrogen) atoms. The summed E-state index contributed by atoms with van der Waals surface area (Å²) in [6.45, 7) is 4.07. The van der Waals surface area contributed by atoms with E-state index in [2.05, 4.69) is 0 Å². The van der Waals surface area contributed by atoms with Gasteiger partial charge in [0.15, 0.2) is 5.78 Å². The van der Waals surface area contributed by atoms with Gasteiger partial charge in [0.1, 0.15) is 0 Å². The summed E-state index contributed by atoms with van der Waals surface area (Å²) in [5.74, 6) is 0.350. The van der Waals surface area contributed by atoms with Crippen molar-refractivity contribution in [2.75, 3.05) is 0 Å². The largest absolute Gasteiger partial charge is 0.289 e. The molecule has 0 amide bonds. The lowest BCUT2D eigenvalue weighted by atomic mass is 10.0. The molecule has 2 aliphatic carbocycles. The second-order valence-corrected chi connectivity index (χ2v) is 3.92. The van der Waals surface area contributed by atoms with Gasteiger partial charge in [-0.2, -0.15) is 0 Å². The molecule has 1 nitrogen and oxygen atoms in total. The molecule has 0 saturated heterocycles. The highest BCUT2D eigenvalue weighted by molar-refractivity contribution is 6.12. The number of allylic oxidation sites excluding steroid dienone is 4. The fourth-order valence-corrected chi connectivity index (χ4v) is 2.16. The Morgan fingerprint density at radius 3 is 2.58 bits per heavy atom. The molecule has 0 aliphatic heterocycles. The summed E-state index contributed by atoms with van der Waals surface area (Å²) in [5, 5.41) is 0. The Bertz CT molecular complexity index is 301. The Balaban J connectivity index is 2.36. The van der Waals surface area contributed by atoms with Crippen molar-refractivity contribution in [1.82, 2.24) is 0 Å². The lowest BCUT2D eigenvalue weighted by Crippen LogP contribution is -2.00. The minimum Gasteiger partial charge on any atom is -0.289 e. The van der Waals surface area contributed by atoms with Gasteiger partial charge in [0.2, 0.25) is 0 Å². The zero-order valence-electron chi connectivity index (χ0n) is 7.74. The Labute approximate surface area is 73.2 Å². The SMILES string of the molecule is CC(C)=C1CC2=C(CCC2)C1=O. The lowest BCUT2D eigenvalue weighted by molar-refractivity contribution is -0.112. The zero-order chi connectivity index (χ0) is 8.72. The van der Waals surface area contributed by atoms with Crippen LogP contribution in [0.25, 0.3) is 0 Å². The first-order chi connectivity index (χ1) is 5.70. The number of carbonyl (C=O) groups is 1. The summed E-state index contributed by atoms with van der Waals surface area (Å²) in [7, 11) is 0. The van der Waals surface area contributed by atoms with Crippen molar-refractivity contribution in [3.05, 3.63) is 22.3 Å². The van der Waals surface area contributed by atoms with E-state index in [9.17, 15) is 4.79 Å². The van der Waals surface area contributed by atoms with Gasteiger partial charge in [-0.05, 0) is 45.1 Å². The molecular formula is C11H14O. The molecule has 0 aromatic carbocycles. The Morgan fingerprint density at radius 1 is 1.25 bits per heavy atom. The molecule has 2 aliphatic rings. The predicted molar refractivity (Wildman–Crippen MR) is 48.9 cm³/mol. The average molecular weight is 162 g/mol. The monoisotopic (exact) mass is 162 g/mol. The van der Waals surface area contributed by atoms with Crippen molar-refractivity contribution >= 4 is 5.78 Å². The smallest absolute Gasteiger partial charge is 0.185 e. The van der Waals surface area contributed by atoms with Gasteiger partial charge in [-0.25, -0.2) is 0 Å². The van der Waals surface area contributed by atoms with Gasteiger partial charge < -0.3 is 0 Å². The van der Waals surface area contributed by atoms with Crippen LogP contribution in [0.3, 0.4) is 0 Å². The summed E-state index contributed by atoms with van der Waals surface area (Å²) in [6.07, 6.45) is 4.35. The van der Waals surface area contributed by atoms with E-state index in [-0.39, 0.29) is 0 Å². The van der Waals surface area contributed by atoms with Crippen LogP contribution in [0.2, 0.25) is 0 Å². The van der Waals surface area contributed by atoms with Crippen LogP contribution in [0.4, 0.5) is 0 Å². The number of hydrogen-bond donors (Lipinski definition) is 0. The normalized spacial score (nSPS) is 22.2. The van der Waals surface area contributed by atoms with Crippen molar-refractivity contribution in [1.29, 1.82) is 0 Å². The van der Waals surface area contributed by atoms with Crippen LogP contribution in [-0.4, -0.2) is 5.78 Å². The van der Waals surface area contributed by atoms with Crippen LogP contribution in [0.15, 0.2) is 22.3 Å². The molecule has 0 radical (unpaired) electrons. The third-order valence-corrected chi connectivity index (χ3v) is 2.87. The van der Waals surface area contributed by atoms with Gasteiger partial charge in [0.05, 0.1) is 0 Å². The van der Waals surface area contributed by atoms with Crippen molar-refractivity contribution in [3.63, 3.8) is 0 Å². The number of rotatable bonds is 0. The number of carbonyl (C=O) groups excluding carboxylic acids is 1. The Hall–Kier alpha value is -0.850. The minimum absolute atomic E-state index is 0.350. The standard InChI is InChI=1S/C11H14O/c1-7(2)10-6-8-4-3-5-9(8)11(10)12/h3-6H2,1-2H3. The Kier molecular flexibility index (Phi) is 1.67. The van der Waals surface area contributed by atoms with Crippen LogP contribution in [0.1, 0.15) is 39.5 Å². The second kappa shape index (κ2) is 2.58. The van der Waals surface area contributed by atoms with Crippen molar-refractivity contribution in [2.24, 2.45) is 0 Å². The Morgan fingerprint density at radius 2 is 2.00 bits per heavy atom. The van der Waals surface area contributed by atoms with Crippen LogP contribution < -0.4 is 0 Å². The van der Waals surface area contributed by atoms with E-state index in [1.54, 1.807) is 0 Å². The number of ketones is 1. The second-order valence-electron chi connectivity index (χ2n) is 3.92. The summed E-state index contributed by atoms with van der Waals surface area (Å²) >= 11 is 0. The lowest BCUT2D eigenvalue weighted by Gasteiger charge is -2.01. The molecule has 0 heterocycles. The van der Waals surface area contributed by atoms with E-state index in [0.717, 1.165) is 30.4 Å².